The van der Waals surface area contributed by atoms with Crippen LogP contribution in [0.3, 0.4) is 0 Å². The number of nitrogens with zero attached hydrogens (tertiary/aromatic N) is 1. The molecule has 214 valence electrons. The smallest absolute Gasteiger partial charge is 0.475 e. The van der Waals surface area contributed by atoms with Crippen LogP contribution >= 0.6 is 0 Å². The Morgan fingerprint density at radius 2 is 1.64 bits per heavy atom. The normalized spacial score (nSPS) is 16.3. The maximum atomic E-state index is 13.2. The molecule has 0 spiro atoms. The van der Waals surface area contributed by atoms with Crippen LogP contribution in [-0.2, 0) is 21.2 Å². The highest BCUT2D eigenvalue weighted by atomic mass is 32.2. The first-order valence-electron chi connectivity index (χ1n) is 12.7. The Labute approximate surface area is 225 Å². The van der Waals surface area contributed by atoms with Crippen molar-refractivity contribution in [2.45, 2.75) is 56.1 Å². The number of carbonyl (C=O) groups is 2. The number of aliphatic carboxylic acids is 1. The molecule has 1 saturated carbocycles. The summed E-state index contributed by atoms with van der Waals surface area (Å²) in [6.07, 6.45) is 0.0260. The van der Waals surface area contributed by atoms with E-state index in [0.29, 0.717) is 11.3 Å². The number of rotatable bonds is 7. The van der Waals surface area contributed by atoms with Crippen LogP contribution in [0.25, 0.3) is 0 Å². The van der Waals surface area contributed by atoms with E-state index in [1.165, 1.54) is 0 Å². The molecule has 1 heterocycles. The van der Waals surface area contributed by atoms with E-state index in [9.17, 15) is 26.4 Å². The Kier molecular flexibility index (Phi) is 10.2. The summed E-state index contributed by atoms with van der Waals surface area (Å²) in [5, 5.41) is 13.5. The molecule has 0 aromatic heterocycles. The Morgan fingerprint density at radius 3 is 2.18 bits per heavy atom. The van der Waals surface area contributed by atoms with Crippen molar-refractivity contribution < 1.29 is 36.3 Å². The van der Waals surface area contributed by atoms with Crippen molar-refractivity contribution in [3.63, 3.8) is 0 Å². The third-order valence-electron chi connectivity index (χ3n) is 6.54. The van der Waals surface area contributed by atoms with Crippen molar-refractivity contribution in [2.75, 3.05) is 35.8 Å². The number of amides is 1. The minimum absolute atomic E-state index is 0.156. The molecule has 0 unspecified atom stereocenters. The zero-order valence-corrected chi connectivity index (χ0v) is 22.4. The molecular weight excluding hydrogens is 537 g/mol. The average Bonchev–Trinajstić information content (AvgIpc) is 3.42. The van der Waals surface area contributed by atoms with Crippen LogP contribution in [0.2, 0.25) is 0 Å². The van der Waals surface area contributed by atoms with Gasteiger partial charge in [0, 0.05) is 37.8 Å². The molecule has 13 heteroatoms. The van der Waals surface area contributed by atoms with E-state index < -0.39 is 22.2 Å². The van der Waals surface area contributed by atoms with Gasteiger partial charge >= 0.3 is 12.1 Å². The Hall–Kier alpha value is -3.32. The third kappa shape index (κ3) is 8.59. The van der Waals surface area contributed by atoms with Crippen LogP contribution in [0.4, 0.5) is 24.5 Å². The number of halogens is 3. The van der Waals surface area contributed by atoms with Gasteiger partial charge in [0.25, 0.3) is 15.9 Å². The van der Waals surface area contributed by atoms with Gasteiger partial charge in [-0.3, -0.25) is 9.52 Å². The number of hydrogen-bond donors (Lipinski definition) is 4. The number of aryl methyl sites for hydroxylation is 1. The second kappa shape index (κ2) is 13.2. The SMILES string of the molecule is CCc1ccc(S(=O)(=O)Nc2cc(C(=O)NC3CCCC3)ccc2N2CCNCC2)cc1.O=C(O)C(F)(F)F. The fourth-order valence-corrected chi connectivity index (χ4v) is 5.45. The van der Waals surface area contributed by atoms with Crippen molar-refractivity contribution in [1.82, 2.24) is 10.6 Å². The molecule has 0 atom stereocenters. The molecule has 9 nitrogen and oxygen atoms in total. The summed E-state index contributed by atoms with van der Waals surface area (Å²) >= 11 is 0. The average molecular weight is 571 g/mol. The fourth-order valence-electron chi connectivity index (χ4n) is 4.39. The fraction of sp³-hybridized carbons (Fsp3) is 0.462. The van der Waals surface area contributed by atoms with Gasteiger partial charge in [0.15, 0.2) is 0 Å². The molecule has 2 aromatic rings. The monoisotopic (exact) mass is 570 g/mol. The summed E-state index contributed by atoms with van der Waals surface area (Å²) in [6, 6.07) is 12.4. The zero-order chi connectivity index (χ0) is 28.6. The van der Waals surface area contributed by atoms with Crippen LogP contribution in [-0.4, -0.2) is 63.8 Å². The lowest BCUT2D eigenvalue weighted by Crippen LogP contribution is -2.43. The van der Waals surface area contributed by atoms with Crippen molar-refractivity contribution in [1.29, 1.82) is 0 Å². The van der Waals surface area contributed by atoms with Crippen LogP contribution < -0.4 is 20.3 Å². The maximum absolute atomic E-state index is 13.2. The molecule has 2 fully saturated rings. The Balaban J connectivity index is 0.000000532. The first-order chi connectivity index (χ1) is 18.4. The molecule has 1 aliphatic carbocycles. The quantitative estimate of drug-likeness (QED) is 0.399. The Bertz CT molecular complexity index is 1240. The van der Waals surface area contributed by atoms with Crippen LogP contribution in [0.5, 0.6) is 0 Å². The van der Waals surface area contributed by atoms with E-state index in [4.69, 9.17) is 9.90 Å². The summed E-state index contributed by atoms with van der Waals surface area (Å²) in [4.78, 5) is 24.1. The molecule has 1 amide bonds. The minimum Gasteiger partial charge on any atom is -0.475 e. The topological polar surface area (TPSA) is 128 Å². The third-order valence-corrected chi connectivity index (χ3v) is 7.92. The van der Waals surface area contributed by atoms with Gasteiger partial charge in [-0.25, -0.2) is 13.2 Å². The predicted octanol–water partition coefficient (Wildman–Crippen LogP) is 3.77. The van der Waals surface area contributed by atoms with Crippen LogP contribution in [0, 0.1) is 0 Å². The summed E-state index contributed by atoms with van der Waals surface area (Å²) in [6.45, 7) is 5.23. The Morgan fingerprint density at radius 1 is 1.05 bits per heavy atom. The minimum atomic E-state index is -5.08. The number of benzene rings is 2. The van der Waals surface area contributed by atoms with E-state index in [2.05, 4.69) is 20.3 Å². The largest absolute Gasteiger partial charge is 0.490 e. The lowest BCUT2D eigenvalue weighted by atomic mass is 10.1. The molecule has 4 rings (SSSR count). The lowest BCUT2D eigenvalue weighted by Gasteiger charge is -2.31. The number of carboxylic acids is 1. The molecule has 0 bridgehead atoms. The second-order valence-corrected chi connectivity index (χ2v) is 11.0. The number of carbonyl (C=O) groups excluding carboxylic acids is 1. The number of alkyl halides is 3. The van der Waals surface area contributed by atoms with Crippen molar-refractivity contribution >= 4 is 33.3 Å². The summed E-state index contributed by atoms with van der Waals surface area (Å²) in [5.74, 6) is -2.91. The number of hydrogen-bond acceptors (Lipinski definition) is 6. The van der Waals surface area contributed by atoms with Gasteiger partial charge in [-0.1, -0.05) is 31.9 Å². The first kappa shape index (κ1) is 30.2. The molecule has 0 radical (unpaired) electrons. The standard InChI is InChI=1S/C24H32N4O3S.C2HF3O2/c1-2-18-7-10-21(11-8-18)32(30,31)27-22-17-19(24(29)26-20-5-3-4-6-20)9-12-23(22)28-15-13-25-14-16-28;3-2(4,5)1(6)7/h7-12,17,20,25,27H,2-6,13-16H2,1H3,(H,26,29);(H,6,7). The predicted molar refractivity (Wildman–Crippen MR) is 142 cm³/mol. The second-order valence-electron chi connectivity index (χ2n) is 9.33. The number of sulfonamides is 1. The van der Waals surface area contributed by atoms with Crippen LogP contribution in [0.15, 0.2) is 47.4 Å². The summed E-state index contributed by atoms with van der Waals surface area (Å²) in [5.41, 5.74) is 2.77. The lowest BCUT2D eigenvalue weighted by molar-refractivity contribution is -0.192. The van der Waals surface area contributed by atoms with Gasteiger partial charge in [-0.2, -0.15) is 13.2 Å². The first-order valence-corrected chi connectivity index (χ1v) is 14.2. The number of piperazine rings is 1. The van der Waals surface area contributed by atoms with Crippen molar-refractivity contribution in [2.24, 2.45) is 0 Å². The summed E-state index contributed by atoms with van der Waals surface area (Å²) in [7, 11) is -3.79. The van der Waals surface area contributed by atoms with Gasteiger partial charge in [0.05, 0.1) is 16.3 Å². The highest BCUT2D eigenvalue weighted by Crippen LogP contribution is 2.30. The van der Waals surface area contributed by atoms with Gasteiger partial charge in [-0.15, -0.1) is 0 Å². The molecular formula is C26H33F3N4O5S. The molecule has 2 aromatic carbocycles. The maximum Gasteiger partial charge on any atom is 0.490 e. The molecule has 1 aliphatic heterocycles. The van der Waals surface area contributed by atoms with Crippen LogP contribution in [0.1, 0.15) is 48.5 Å². The molecule has 2 aliphatic rings. The van der Waals surface area contributed by atoms with E-state index in [1.54, 1.807) is 24.3 Å². The van der Waals surface area contributed by atoms with Gasteiger partial charge in [0.2, 0.25) is 0 Å². The number of carboxylic acid groups (broad SMARTS) is 1. The van der Waals surface area contributed by atoms with Gasteiger partial charge in [0.1, 0.15) is 0 Å². The van der Waals surface area contributed by atoms with Crippen molar-refractivity contribution in [3.05, 3.63) is 53.6 Å². The van der Waals surface area contributed by atoms with Gasteiger partial charge < -0.3 is 20.6 Å². The van der Waals surface area contributed by atoms with E-state index >= 15 is 0 Å². The molecule has 39 heavy (non-hydrogen) atoms. The van der Waals surface area contributed by atoms with Gasteiger partial charge in [-0.05, 0) is 55.2 Å². The molecule has 4 N–H and O–H groups in total. The summed E-state index contributed by atoms with van der Waals surface area (Å²) < 4.78 is 60.8. The van der Waals surface area contributed by atoms with E-state index in [1.807, 2.05) is 25.1 Å². The number of nitrogens with one attached hydrogen (secondary N) is 3. The van der Waals surface area contributed by atoms with E-state index in [-0.39, 0.29) is 16.8 Å². The number of anilines is 2. The van der Waals surface area contributed by atoms with Crippen molar-refractivity contribution in [3.8, 4) is 0 Å². The van der Waals surface area contributed by atoms with E-state index in [0.717, 1.165) is 69.5 Å². The zero-order valence-electron chi connectivity index (χ0n) is 21.6. The molecule has 1 saturated heterocycles. The highest BCUT2D eigenvalue weighted by molar-refractivity contribution is 7.92. The highest BCUT2D eigenvalue weighted by Gasteiger charge is 2.38.